The minimum Gasteiger partial charge on any atom is -0.379 e. The number of anilines is 1. The van der Waals surface area contributed by atoms with Gasteiger partial charge in [-0.25, -0.2) is 0 Å². The molecule has 0 amide bonds. The van der Waals surface area contributed by atoms with Gasteiger partial charge in [0.15, 0.2) is 0 Å². The van der Waals surface area contributed by atoms with Crippen LogP contribution in [0.1, 0.15) is 35.7 Å². The molecule has 1 heterocycles. The molecule has 19 heavy (non-hydrogen) atoms. The number of benzene rings is 1. The van der Waals surface area contributed by atoms with Crippen LogP contribution in [0.3, 0.4) is 0 Å². The van der Waals surface area contributed by atoms with E-state index in [1.807, 2.05) is 19.1 Å². The predicted molar refractivity (Wildman–Crippen MR) is 78.9 cm³/mol. The van der Waals surface area contributed by atoms with Crippen molar-refractivity contribution >= 4 is 17.3 Å². The van der Waals surface area contributed by atoms with Crippen molar-refractivity contribution in [3.63, 3.8) is 0 Å². The minimum atomic E-state index is 0.552. The van der Waals surface area contributed by atoms with Crippen molar-refractivity contribution in [2.24, 2.45) is 0 Å². The second kappa shape index (κ2) is 4.89. The van der Waals surface area contributed by atoms with Gasteiger partial charge in [-0.2, -0.15) is 5.10 Å². The van der Waals surface area contributed by atoms with E-state index in [1.54, 1.807) is 0 Å². The SMILES string of the molecule is Cc1n[nH]c(C)c1NC1CC(c2ccc(Cl)cc2)C1. The summed E-state index contributed by atoms with van der Waals surface area (Å²) in [6, 6.07) is 8.77. The van der Waals surface area contributed by atoms with Gasteiger partial charge >= 0.3 is 0 Å². The molecule has 0 atom stereocenters. The van der Waals surface area contributed by atoms with E-state index in [2.05, 4.69) is 34.6 Å². The Balaban J connectivity index is 1.60. The van der Waals surface area contributed by atoms with Crippen molar-refractivity contribution < 1.29 is 0 Å². The van der Waals surface area contributed by atoms with Gasteiger partial charge in [-0.1, -0.05) is 23.7 Å². The highest BCUT2D eigenvalue weighted by atomic mass is 35.5. The predicted octanol–water partition coefficient (Wildman–Crippen LogP) is 4.04. The molecule has 100 valence electrons. The number of rotatable bonds is 3. The molecule has 0 aliphatic heterocycles. The second-order valence-electron chi connectivity index (χ2n) is 5.37. The van der Waals surface area contributed by atoms with Crippen LogP contribution in [0.15, 0.2) is 24.3 Å². The molecule has 4 heteroatoms. The Morgan fingerprint density at radius 2 is 1.89 bits per heavy atom. The highest BCUT2D eigenvalue weighted by molar-refractivity contribution is 6.30. The zero-order chi connectivity index (χ0) is 13.4. The second-order valence-corrected chi connectivity index (χ2v) is 5.81. The molecule has 0 bridgehead atoms. The molecule has 3 nitrogen and oxygen atoms in total. The molecule has 1 aliphatic carbocycles. The Hall–Kier alpha value is -1.48. The Kier molecular flexibility index (Phi) is 3.23. The maximum atomic E-state index is 5.91. The molecular formula is C15H18ClN3. The summed E-state index contributed by atoms with van der Waals surface area (Å²) in [6.07, 6.45) is 2.34. The van der Waals surface area contributed by atoms with Crippen molar-refractivity contribution in [1.29, 1.82) is 0 Å². The molecule has 0 radical (unpaired) electrons. The normalized spacial score (nSPS) is 22.1. The van der Waals surface area contributed by atoms with Gasteiger partial charge in [0.25, 0.3) is 0 Å². The van der Waals surface area contributed by atoms with Crippen LogP contribution in [0.2, 0.25) is 5.02 Å². The molecule has 0 spiro atoms. The average molecular weight is 276 g/mol. The lowest BCUT2D eigenvalue weighted by atomic mass is 9.76. The van der Waals surface area contributed by atoms with Crippen LogP contribution in [0.5, 0.6) is 0 Å². The Labute approximate surface area is 118 Å². The number of halogens is 1. The van der Waals surface area contributed by atoms with Crippen LogP contribution in [-0.4, -0.2) is 16.2 Å². The molecule has 3 rings (SSSR count). The number of aromatic nitrogens is 2. The fourth-order valence-electron chi connectivity index (χ4n) is 2.71. The smallest absolute Gasteiger partial charge is 0.0825 e. The van der Waals surface area contributed by atoms with Gasteiger partial charge in [-0.15, -0.1) is 0 Å². The first-order valence-electron chi connectivity index (χ1n) is 6.67. The fourth-order valence-corrected chi connectivity index (χ4v) is 2.84. The molecule has 1 aromatic heterocycles. The fraction of sp³-hybridized carbons (Fsp3) is 0.400. The molecule has 2 N–H and O–H groups in total. The first-order valence-corrected chi connectivity index (χ1v) is 7.05. The quantitative estimate of drug-likeness (QED) is 0.888. The highest BCUT2D eigenvalue weighted by Gasteiger charge is 2.30. The largest absolute Gasteiger partial charge is 0.379 e. The van der Waals surface area contributed by atoms with E-state index in [-0.39, 0.29) is 0 Å². The van der Waals surface area contributed by atoms with Gasteiger partial charge < -0.3 is 5.32 Å². The van der Waals surface area contributed by atoms with Crippen LogP contribution in [0, 0.1) is 13.8 Å². The monoisotopic (exact) mass is 275 g/mol. The van der Waals surface area contributed by atoms with Gasteiger partial charge in [0.05, 0.1) is 17.1 Å². The van der Waals surface area contributed by atoms with Gasteiger partial charge in [-0.3, -0.25) is 5.10 Å². The minimum absolute atomic E-state index is 0.552. The number of hydrogen-bond acceptors (Lipinski definition) is 2. The first kappa shape index (κ1) is 12.5. The van der Waals surface area contributed by atoms with E-state index < -0.39 is 0 Å². The van der Waals surface area contributed by atoms with Gasteiger partial charge in [0.2, 0.25) is 0 Å². The van der Waals surface area contributed by atoms with Gasteiger partial charge in [0, 0.05) is 11.1 Å². The topological polar surface area (TPSA) is 40.7 Å². The first-order chi connectivity index (χ1) is 9.13. The number of nitrogens with zero attached hydrogens (tertiary/aromatic N) is 1. The zero-order valence-corrected chi connectivity index (χ0v) is 12.0. The third-order valence-electron chi connectivity index (χ3n) is 3.96. The lowest BCUT2D eigenvalue weighted by molar-refractivity contribution is 0.374. The van der Waals surface area contributed by atoms with Crippen molar-refractivity contribution in [1.82, 2.24) is 10.2 Å². The molecule has 2 aromatic rings. The maximum Gasteiger partial charge on any atom is 0.0825 e. The van der Waals surface area contributed by atoms with E-state index in [0.717, 1.165) is 16.4 Å². The van der Waals surface area contributed by atoms with Crippen LogP contribution in [0.25, 0.3) is 0 Å². The van der Waals surface area contributed by atoms with Crippen LogP contribution in [-0.2, 0) is 0 Å². The summed E-state index contributed by atoms with van der Waals surface area (Å²) in [7, 11) is 0. The van der Waals surface area contributed by atoms with Gasteiger partial charge in [0.1, 0.15) is 0 Å². The lowest BCUT2D eigenvalue weighted by Gasteiger charge is -2.37. The summed E-state index contributed by atoms with van der Waals surface area (Å²) in [5, 5.41) is 11.6. The van der Waals surface area contributed by atoms with E-state index in [0.29, 0.717) is 12.0 Å². The molecule has 1 saturated carbocycles. The summed E-state index contributed by atoms with van der Waals surface area (Å²) in [5.41, 5.74) is 4.72. The standard InChI is InChI=1S/C15H18ClN3/c1-9-15(10(2)19-18-9)17-14-7-12(8-14)11-3-5-13(16)6-4-11/h3-6,12,14,17H,7-8H2,1-2H3,(H,18,19). The molecule has 0 saturated heterocycles. The van der Waals surface area contributed by atoms with Crippen LogP contribution in [0.4, 0.5) is 5.69 Å². The summed E-state index contributed by atoms with van der Waals surface area (Å²) in [6.45, 7) is 4.08. The van der Waals surface area contributed by atoms with E-state index in [1.165, 1.54) is 24.1 Å². The summed E-state index contributed by atoms with van der Waals surface area (Å²) in [4.78, 5) is 0. The van der Waals surface area contributed by atoms with Gasteiger partial charge in [-0.05, 0) is 50.3 Å². The zero-order valence-electron chi connectivity index (χ0n) is 11.2. The van der Waals surface area contributed by atoms with E-state index in [4.69, 9.17) is 11.6 Å². The van der Waals surface area contributed by atoms with Crippen LogP contribution < -0.4 is 5.32 Å². The average Bonchev–Trinajstić information content (AvgIpc) is 2.66. The Morgan fingerprint density at radius 1 is 1.21 bits per heavy atom. The number of nitrogens with one attached hydrogen (secondary N) is 2. The maximum absolute atomic E-state index is 5.91. The summed E-state index contributed by atoms with van der Waals surface area (Å²) < 4.78 is 0. The number of H-pyrrole nitrogens is 1. The number of hydrogen-bond donors (Lipinski definition) is 2. The van der Waals surface area contributed by atoms with E-state index in [9.17, 15) is 0 Å². The third-order valence-corrected chi connectivity index (χ3v) is 4.21. The molecule has 1 aliphatic rings. The van der Waals surface area contributed by atoms with E-state index >= 15 is 0 Å². The molecule has 1 fully saturated rings. The molecule has 0 unspecified atom stereocenters. The van der Waals surface area contributed by atoms with Crippen molar-refractivity contribution in [3.8, 4) is 0 Å². The Morgan fingerprint density at radius 3 is 2.47 bits per heavy atom. The van der Waals surface area contributed by atoms with Crippen molar-refractivity contribution in [2.75, 3.05) is 5.32 Å². The van der Waals surface area contributed by atoms with Crippen LogP contribution >= 0.6 is 11.6 Å². The number of aromatic amines is 1. The number of aryl methyl sites for hydroxylation is 2. The Bertz CT molecular complexity index is 548. The third kappa shape index (κ3) is 2.47. The lowest BCUT2D eigenvalue weighted by Crippen LogP contribution is -2.34. The summed E-state index contributed by atoms with van der Waals surface area (Å²) >= 11 is 5.91. The molecule has 1 aromatic carbocycles. The highest BCUT2D eigenvalue weighted by Crippen LogP contribution is 2.39. The van der Waals surface area contributed by atoms with Crippen molar-refractivity contribution in [2.45, 2.75) is 38.6 Å². The van der Waals surface area contributed by atoms with Crippen molar-refractivity contribution in [3.05, 3.63) is 46.2 Å². The summed E-state index contributed by atoms with van der Waals surface area (Å²) in [5.74, 6) is 0.655. The molecular weight excluding hydrogens is 258 g/mol.